The van der Waals surface area contributed by atoms with E-state index in [0.29, 0.717) is 0 Å². The molecule has 3 nitrogen and oxygen atoms in total. The quantitative estimate of drug-likeness (QED) is 0.783. The minimum atomic E-state index is -4.54. The molecule has 0 spiro atoms. The van der Waals surface area contributed by atoms with Crippen molar-refractivity contribution in [1.82, 2.24) is 5.32 Å². The fourth-order valence-electron chi connectivity index (χ4n) is 1.50. The lowest BCUT2D eigenvalue weighted by atomic mass is 10.1. The average molecular weight is 244 g/mol. The molecule has 1 amide bonds. The van der Waals surface area contributed by atoms with E-state index in [4.69, 9.17) is 5.73 Å². The molecule has 0 atom stereocenters. The second-order valence-corrected chi connectivity index (χ2v) is 4.01. The third kappa shape index (κ3) is 2.51. The van der Waals surface area contributed by atoms with E-state index >= 15 is 0 Å². The number of halogens is 3. The van der Waals surface area contributed by atoms with Crippen LogP contribution < -0.4 is 11.1 Å². The van der Waals surface area contributed by atoms with Gasteiger partial charge in [0.1, 0.15) is 0 Å². The molecule has 0 heterocycles. The zero-order chi connectivity index (χ0) is 12.6. The minimum Gasteiger partial charge on any atom is -0.398 e. The van der Waals surface area contributed by atoms with Crippen LogP contribution in [-0.2, 0) is 6.18 Å². The number of alkyl halides is 3. The molecule has 0 bridgehead atoms. The van der Waals surface area contributed by atoms with Crippen molar-refractivity contribution in [1.29, 1.82) is 0 Å². The van der Waals surface area contributed by atoms with E-state index in [0.717, 1.165) is 18.9 Å². The Balaban J connectivity index is 2.31. The van der Waals surface area contributed by atoms with Gasteiger partial charge in [-0.2, -0.15) is 13.2 Å². The van der Waals surface area contributed by atoms with Crippen LogP contribution in [0.3, 0.4) is 0 Å². The molecule has 1 aromatic rings. The van der Waals surface area contributed by atoms with Crippen molar-refractivity contribution in [3.63, 3.8) is 0 Å². The first-order valence-corrected chi connectivity index (χ1v) is 5.16. The highest BCUT2D eigenvalue weighted by atomic mass is 19.4. The fraction of sp³-hybridized carbons (Fsp3) is 0.364. The largest absolute Gasteiger partial charge is 0.418 e. The van der Waals surface area contributed by atoms with Gasteiger partial charge < -0.3 is 11.1 Å². The maximum atomic E-state index is 12.6. The van der Waals surface area contributed by atoms with E-state index in [1.165, 1.54) is 12.1 Å². The van der Waals surface area contributed by atoms with Crippen LogP contribution in [0.4, 0.5) is 18.9 Å². The predicted octanol–water partition coefficient (Wildman–Crippen LogP) is 2.18. The van der Waals surface area contributed by atoms with E-state index in [9.17, 15) is 18.0 Å². The van der Waals surface area contributed by atoms with E-state index in [1.54, 1.807) is 0 Å². The summed E-state index contributed by atoms with van der Waals surface area (Å²) < 4.78 is 37.7. The molecule has 1 saturated carbocycles. The lowest BCUT2D eigenvalue weighted by molar-refractivity contribution is -0.136. The number of para-hydroxylation sites is 1. The lowest BCUT2D eigenvalue weighted by Gasteiger charge is -2.13. The van der Waals surface area contributed by atoms with Gasteiger partial charge in [-0.3, -0.25) is 4.79 Å². The molecule has 6 heteroatoms. The Labute approximate surface area is 95.8 Å². The number of carbonyl (C=O) groups is 1. The van der Waals surface area contributed by atoms with E-state index in [2.05, 4.69) is 5.32 Å². The Morgan fingerprint density at radius 3 is 2.53 bits per heavy atom. The van der Waals surface area contributed by atoms with Gasteiger partial charge in [-0.25, -0.2) is 0 Å². The van der Waals surface area contributed by atoms with E-state index in [1.807, 2.05) is 0 Å². The van der Waals surface area contributed by atoms with Crippen LogP contribution in [-0.4, -0.2) is 11.9 Å². The number of rotatable bonds is 2. The third-order valence-corrected chi connectivity index (χ3v) is 2.57. The van der Waals surface area contributed by atoms with Crippen molar-refractivity contribution in [3.8, 4) is 0 Å². The summed E-state index contributed by atoms with van der Waals surface area (Å²) in [5.41, 5.74) is 3.78. The summed E-state index contributed by atoms with van der Waals surface area (Å²) in [4.78, 5) is 11.6. The van der Waals surface area contributed by atoms with Crippen molar-refractivity contribution < 1.29 is 18.0 Å². The number of nitrogen functional groups attached to an aromatic ring is 1. The summed E-state index contributed by atoms with van der Waals surface area (Å²) in [6.07, 6.45) is -2.81. The molecule has 0 radical (unpaired) electrons. The molecular weight excluding hydrogens is 233 g/mol. The molecule has 2 rings (SSSR count). The Morgan fingerprint density at radius 1 is 1.35 bits per heavy atom. The highest BCUT2D eigenvalue weighted by Crippen LogP contribution is 2.35. The Bertz CT molecular complexity index is 453. The summed E-state index contributed by atoms with van der Waals surface area (Å²) >= 11 is 0. The molecule has 1 aliphatic rings. The van der Waals surface area contributed by atoms with Gasteiger partial charge in [-0.15, -0.1) is 0 Å². The molecular formula is C11H11F3N2O. The fourth-order valence-corrected chi connectivity index (χ4v) is 1.50. The average Bonchev–Trinajstić information content (AvgIpc) is 3.00. The number of nitrogens with two attached hydrogens (primary N) is 1. The standard InChI is InChI=1S/C11H11F3N2O/c12-11(13,14)8-3-1-2-7(9(8)15)10(17)16-6-4-5-6/h1-3,6H,4-5,15H2,(H,16,17). The van der Waals surface area contributed by atoms with Crippen molar-refractivity contribution in [3.05, 3.63) is 29.3 Å². The van der Waals surface area contributed by atoms with Crippen LogP contribution in [0.15, 0.2) is 18.2 Å². The second-order valence-electron chi connectivity index (χ2n) is 4.01. The van der Waals surface area contributed by atoms with Crippen molar-refractivity contribution in [2.45, 2.75) is 25.1 Å². The molecule has 0 unspecified atom stereocenters. The number of anilines is 1. The number of hydrogen-bond donors (Lipinski definition) is 2. The maximum Gasteiger partial charge on any atom is 0.418 e. The Morgan fingerprint density at radius 2 is 2.00 bits per heavy atom. The number of benzene rings is 1. The van der Waals surface area contributed by atoms with Crippen molar-refractivity contribution >= 4 is 11.6 Å². The molecule has 1 aromatic carbocycles. The van der Waals surface area contributed by atoms with E-state index in [-0.39, 0.29) is 11.6 Å². The van der Waals surface area contributed by atoms with Crippen molar-refractivity contribution in [2.75, 3.05) is 5.73 Å². The highest BCUT2D eigenvalue weighted by Gasteiger charge is 2.34. The lowest BCUT2D eigenvalue weighted by Crippen LogP contribution is -2.27. The number of carbonyl (C=O) groups excluding carboxylic acids is 1. The predicted molar refractivity (Wildman–Crippen MR) is 56.3 cm³/mol. The first-order valence-electron chi connectivity index (χ1n) is 5.16. The molecule has 0 saturated heterocycles. The zero-order valence-corrected chi connectivity index (χ0v) is 8.84. The van der Waals surface area contributed by atoms with Gasteiger partial charge in [0.2, 0.25) is 0 Å². The van der Waals surface area contributed by atoms with Crippen molar-refractivity contribution in [2.24, 2.45) is 0 Å². The first kappa shape index (κ1) is 11.8. The van der Waals surface area contributed by atoms with Crippen LogP contribution in [0.25, 0.3) is 0 Å². The summed E-state index contributed by atoms with van der Waals surface area (Å²) in [6, 6.07) is 3.42. The normalized spacial score (nSPS) is 15.7. The highest BCUT2D eigenvalue weighted by molar-refractivity contribution is 6.00. The van der Waals surface area contributed by atoms with Crippen LogP contribution in [0.5, 0.6) is 0 Å². The van der Waals surface area contributed by atoms with Gasteiger partial charge in [0.15, 0.2) is 0 Å². The monoisotopic (exact) mass is 244 g/mol. The summed E-state index contributed by atoms with van der Waals surface area (Å²) in [7, 11) is 0. The van der Waals surface area contributed by atoms with Gasteiger partial charge in [-0.05, 0) is 25.0 Å². The second kappa shape index (κ2) is 3.94. The van der Waals surface area contributed by atoms with Gasteiger partial charge in [0.05, 0.1) is 16.8 Å². The molecule has 0 aliphatic heterocycles. The first-order chi connectivity index (χ1) is 7.89. The smallest absolute Gasteiger partial charge is 0.398 e. The number of nitrogens with one attached hydrogen (secondary N) is 1. The minimum absolute atomic E-state index is 0.0800. The van der Waals surface area contributed by atoms with Crippen LogP contribution in [0.2, 0.25) is 0 Å². The van der Waals surface area contributed by atoms with Crippen LogP contribution >= 0.6 is 0 Å². The summed E-state index contributed by atoms with van der Waals surface area (Å²) in [5.74, 6) is -0.545. The number of amides is 1. The summed E-state index contributed by atoms with van der Waals surface area (Å²) in [5, 5.41) is 2.60. The van der Waals surface area contributed by atoms with Crippen LogP contribution in [0, 0.1) is 0 Å². The van der Waals surface area contributed by atoms with Gasteiger partial charge in [0, 0.05) is 6.04 Å². The van der Waals surface area contributed by atoms with E-state index < -0.39 is 23.3 Å². The SMILES string of the molecule is Nc1c(C(=O)NC2CC2)cccc1C(F)(F)F. The Hall–Kier alpha value is -1.72. The molecule has 1 fully saturated rings. The topological polar surface area (TPSA) is 55.1 Å². The molecule has 17 heavy (non-hydrogen) atoms. The Kier molecular flexibility index (Phi) is 2.73. The third-order valence-electron chi connectivity index (χ3n) is 2.57. The van der Waals surface area contributed by atoms with Gasteiger partial charge >= 0.3 is 6.18 Å². The molecule has 3 N–H and O–H groups in total. The number of hydrogen-bond acceptors (Lipinski definition) is 2. The molecule has 0 aromatic heterocycles. The summed E-state index contributed by atoms with van der Waals surface area (Å²) in [6.45, 7) is 0. The van der Waals surface area contributed by atoms with Gasteiger partial charge in [0.25, 0.3) is 5.91 Å². The maximum absolute atomic E-state index is 12.6. The molecule has 92 valence electrons. The molecule has 1 aliphatic carbocycles. The van der Waals surface area contributed by atoms with Crippen LogP contribution in [0.1, 0.15) is 28.8 Å². The zero-order valence-electron chi connectivity index (χ0n) is 8.84. The van der Waals surface area contributed by atoms with Gasteiger partial charge in [-0.1, -0.05) is 6.07 Å².